The van der Waals surface area contributed by atoms with Crippen LogP contribution in [-0.4, -0.2) is 38.8 Å². The highest BCUT2D eigenvalue weighted by molar-refractivity contribution is 5.81. The number of amides is 1. The second-order valence-corrected chi connectivity index (χ2v) is 11.9. The van der Waals surface area contributed by atoms with Crippen molar-refractivity contribution in [1.82, 2.24) is 19.4 Å². The quantitative estimate of drug-likeness (QED) is 0.750. The van der Waals surface area contributed by atoms with E-state index in [4.69, 9.17) is 9.72 Å². The zero-order chi connectivity index (χ0) is 24.0. The number of nitrogens with zero attached hydrogens (tertiary/aromatic N) is 3. The summed E-state index contributed by atoms with van der Waals surface area (Å²) in [6.45, 7) is 12.2. The van der Waals surface area contributed by atoms with Crippen molar-refractivity contribution in [2.75, 3.05) is 6.61 Å². The van der Waals surface area contributed by atoms with Crippen molar-refractivity contribution in [1.29, 1.82) is 0 Å². The summed E-state index contributed by atoms with van der Waals surface area (Å²) in [4.78, 5) is 30.7. The Morgan fingerprint density at radius 2 is 2.00 bits per heavy atom. The molecular formula is C26H40N4O3. The first-order valence-electron chi connectivity index (χ1n) is 12.4. The monoisotopic (exact) mass is 456 g/mol. The van der Waals surface area contributed by atoms with Crippen LogP contribution in [0.3, 0.4) is 0 Å². The number of rotatable bonds is 4. The van der Waals surface area contributed by atoms with Gasteiger partial charge in [-0.25, -0.2) is 9.78 Å². The lowest BCUT2D eigenvalue weighted by Gasteiger charge is -2.43. The standard InChI is InChI=1S/C26H40N4O3/c1-25(2,3)16-30-19-11-10-18(27-22(19)29(6)24(30)32)17-12-13-26(4,5)21(15-17)28-23(31)20-9-7-8-14-33-20/h10-11,17,20-21H,7-9,12-16H2,1-6H3,(H,28,31). The van der Waals surface area contributed by atoms with E-state index in [1.54, 1.807) is 11.6 Å². The Labute approximate surface area is 196 Å². The minimum atomic E-state index is -0.318. The number of imidazole rings is 1. The molecule has 2 aromatic heterocycles. The van der Waals surface area contributed by atoms with Gasteiger partial charge >= 0.3 is 5.69 Å². The lowest BCUT2D eigenvalue weighted by atomic mass is 9.68. The Balaban J connectivity index is 1.57. The Morgan fingerprint density at radius 1 is 1.24 bits per heavy atom. The summed E-state index contributed by atoms with van der Waals surface area (Å²) in [5.41, 5.74) is 2.63. The SMILES string of the molecule is Cn1c(=O)n(CC(C)(C)C)c2ccc(C3CCC(C)(C)C(NC(=O)C4CCCCO4)C3)nc21. The van der Waals surface area contributed by atoms with Gasteiger partial charge in [-0.05, 0) is 61.5 Å². The predicted molar refractivity (Wildman–Crippen MR) is 130 cm³/mol. The normalized spacial score (nSPS) is 25.8. The van der Waals surface area contributed by atoms with E-state index < -0.39 is 0 Å². The first-order chi connectivity index (χ1) is 15.5. The van der Waals surface area contributed by atoms with Crippen LogP contribution in [-0.2, 0) is 23.1 Å². The van der Waals surface area contributed by atoms with E-state index in [1.165, 1.54) is 0 Å². The number of hydrogen-bond donors (Lipinski definition) is 1. The minimum Gasteiger partial charge on any atom is -0.368 e. The van der Waals surface area contributed by atoms with Gasteiger partial charge in [0.15, 0.2) is 5.65 Å². The summed E-state index contributed by atoms with van der Waals surface area (Å²) in [5, 5.41) is 3.32. The van der Waals surface area contributed by atoms with Crippen molar-refractivity contribution in [2.45, 2.75) is 97.8 Å². The summed E-state index contributed by atoms with van der Waals surface area (Å²) in [7, 11) is 1.80. The van der Waals surface area contributed by atoms with E-state index >= 15 is 0 Å². The topological polar surface area (TPSA) is 78.2 Å². The molecule has 1 aliphatic carbocycles. The molecule has 4 rings (SSSR count). The van der Waals surface area contributed by atoms with Crippen LogP contribution in [0.4, 0.5) is 0 Å². The molecule has 0 radical (unpaired) electrons. The molecule has 182 valence electrons. The highest BCUT2D eigenvalue weighted by Gasteiger charge is 2.39. The third-order valence-corrected chi connectivity index (χ3v) is 7.44. The van der Waals surface area contributed by atoms with Gasteiger partial charge in [-0.1, -0.05) is 34.6 Å². The first kappa shape index (κ1) is 24.0. The zero-order valence-electron chi connectivity index (χ0n) is 21.1. The van der Waals surface area contributed by atoms with E-state index in [-0.39, 0.29) is 40.5 Å². The van der Waals surface area contributed by atoms with Crippen LogP contribution in [0.1, 0.15) is 84.8 Å². The third kappa shape index (κ3) is 5.03. The van der Waals surface area contributed by atoms with Gasteiger partial charge in [0, 0.05) is 37.9 Å². The molecule has 7 heteroatoms. The largest absolute Gasteiger partial charge is 0.368 e. The van der Waals surface area contributed by atoms with Gasteiger partial charge in [-0.3, -0.25) is 13.9 Å². The average molecular weight is 457 g/mol. The van der Waals surface area contributed by atoms with Crippen LogP contribution in [0.5, 0.6) is 0 Å². The molecule has 3 atom stereocenters. The highest BCUT2D eigenvalue weighted by atomic mass is 16.5. The van der Waals surface area contributed by atoms with E-state index in [0.29, 0.717) is 13.2 Å². The number of fused-ring (bicyclic) bond motifs is 1. The first-order valence-corrected chi connectivity index (χ1v) is 12.4. The van der Waals surface area contributed by atoms with Crippen molar-refractivity contribution in [2.24, 2.45) is 17.9 Å². The molecule has 2 aliphatic rings. The van der Waals surface area contributed by atoms with E-state index in [1.807, 2.05) is 10.6 Å². The number of ether oxygens (including phenoxy) is 1. The zero-order valence-corrected chi connectivity index (χ0v) is 21.1. The van der Waals surface area contributed by atoms with Gasteiger partial charge in [-0.15, -0.1) is 0 Å². The number of aryl methyl sites for hydroxylation is 1. The number of hydrogen-bond acceptors (Lipinski definition) is 4. The van der Waals surface area contributed by atoms with E-state index in [0.717, 1.165) is 55.4 Å². The number of carbonyl (C=O) groups excluding carboxylic acids is 1. The number of nitrogens with one attached hydrogen (secondary N) is 1. The summed E-state index contributed by atoms with van der Waals surface area (Å²) in [6.07, 6.45) is 5.45. The molecule has 0 aromatic carbocycles. The number of carbonyl (C=O) groups is 1. The molecular weight excluding hydrogens is 416 g/mol. The molecule has 2 aromatic rings. The molecule has 1 saturated carbocycles. The summed E-state index contributed by atoms with van der Waals surface area (Å²) in [5.74, 6) is 0.277. The van der Waals surface area contributed by atoms with Crippen LogP contribution in [0.15, 0.2) is 16.9 Å². The molecule has 1 N–H and O–H groups in total. The molecule has 0 bridgehead atoms. The van der Waals surface area contributed by atoms with Gasteiger partial charge in [0.05, 0.1) is 5.52 Å². The second kappa shape index (κ2) is 8.90. The van der Waals surface area contributed by atoms with Crippen molar-refractivity contribution in [3.63, 3.8) is 0 Å². The van der Waals surface area contributed by atoms with Crippen LogP contribution in [0.2, 0.25) is 0 Å². The summed E-state index contributed by atoms with van der Waals surface area (Å²) >= 11 is 0. The number of aromatic nitrogens is 3. The third-order valence-electron chi connectivity index (χ3n) is 7.44. The fraction of sp³-hybridized carbons (Fsp3) is 0.731. The molecule has 1 aliphatic heterocycles. The van der Waals surface area contributed by atoms with E-state index in [2.05, 4.69) is 46.0 Å². The van der Waals surface area contributed by atoms with Crippen LogP contribution in [0, 0.1) is 10.8 Å². The van der Waals surface area contributed by atoms with Gasteiger partial charge < -0.3 is 10.1 Å². The van der Waals surface area contributed by atoms with Crippen molar-refractivity contribution < 1.29 is 9.53 Å². The molecule has 1 amide bonds. The van der Waals surface area contributed by atoms with Crippen LogP contribution in [0.25, 0.3) is 11.2 Å². The summed E-state index contributed by atoms with van der Waals surface area (Å²) < 4.78 is 9.21. The van der Waals surface area contributed by atoms with Crippen LogP contribution >= 0.6 is 0 Å². The maximum absolute atomic E-state index is 12.9. The van der Waals surface area contributed by atoms with Gasteiger partial charge in [0.1, 0.15) is 6.10 Å². The lowest BCUT2D eigenvalue weighted by Crippen LogP contribution is -2.52. The molecule has 2 fully saturated rings. The summed E-state index contributed by atoms with van der Waals surface area (Å²) in [6, 6.07) is 4.20. The van der Waals surface area contributed by atoms with Crippen molar-refractivity contribution >= 4 is 17.1 Å². The molecule has 3 unspecified atom stereocenters. The average Bonchev–Trinajstić information content (AvgIpc) is 2.99. The fourth-order valence-corrected chi connectivity index (χ4v) is 5.32. The second-order valence-electron chi connectivity index (χ2n) is 11.9. The number of pyridine rings is 1. The van der Waals surface area contributed by atoms with Crippen LogP contribution < -0.4 is 11.0 Å². The lowest BCUT2D eigenvalue weighted by molar-refractivity contribution is -0.137. The Bertz CT molecular complexity index is 1070. The van der Waals surface area contributed by atoms with Gasteiger partial charge in [-0.2, -0.15) is 0 Å². The fourth-order valence-electron chi connectivity index (χ4n) is 5.32. The van der Waals surface area contributed by atoms with Gasteiger partial charge in [0.2, 0.25) is 5.91 Å². The molecule has 3 heterocycles. The van der Waals surface area contributed by atoms with Crippen molar-refractivity contribution in [3.8, 4) is 0 Å². The van der Waals surface area contributed by atoms with Gasteiger partial charge in [0.25, 0.3) is 0 Å². The molecule has 0 spiro atoms. The highest BCUT2D eigenvalue weighted by Crippen LogP contribution is 2.42. The smallest absolute Gasteiger partial charge is 0.330 e. The Kier molecular flexibility index (Phi) is 6.47. The molecule has 7 nitrogen and oxygen atoms in total. The molecule has 1 saturated heterocycles. The van der Waals surface area contributed by atoms with E-state index in [9.17, 15) is 9.59 Å². The maximum atomic E-state index is 12.9. The minimum absolute atomic E-state index is 0.000784. The molecule has 33 heavy (non-hydrogen) atoms. The predicted octanol–water partition coefficient (Wildman–Crippen LogP) is 4.13. The maximum Gasteiger partial charge on any atom is 0.330 e. The Hall–Kier alpha value is -2.15. The van der Waals surface area contributed by atoms with Crippen molar-refractivity contribution in [3.05, 3.63) is 28.3 Å². The Morgan fingerprint density at radius 3 is 2.67 bits per heavy atom.